The molecule has 2 aromatic carbocycles. The lowest BCUT2D eigenvalue weighted by Crippen LogP contribution is -2.45. The minimum Gasteiger partial charge on any atom is -0.497 e. The van der Waals surface area contributed by atoms with E-state index in [9.17, 15) is 4.79 Å². The summed E-state index contributed by atoms with van der Waals surface area (Å²) in [7, 11) is 3.22. The molecule has 31 heavy (non-hydrogen) atoms. The van der Waals surface area contributed by atoms with Gasteiger partial charge in [0.05, 0.1) is 44.4 Å². The highest BCUT2D eigenvalue weighted by atomic mass is 32.1. The third-order valence-electron chi connectivity index (χ3n) is 4.84. The highest BCUT2D eigenvalue weighted by molar-refractivity contribution is 7.80. The second-order valence-electron chi connectivity index (χ2n) is 6.70. The van der Waals surface area contributed by atoms with E-state index in [1.54, 1.807) is 34.3 Å². The number of thiocarbonyl (C=S) groups is 1. The molecule has 0 saturated heterocycles. The van der Waals surface area contributed by atoms with Crippen molar-refractivity contribution in [2.75, 3.05) is 20.8 Å². The number of hydrazone groups is 1. The molecule has 0 amide bonds. The van der Waals surface area contributed by atoms with Crippen LogP contribution < -0.4 is 14.8 Å². The van der Waals surface area contributed by atoms with Crippen LogP contribution in [0.5, 0.6) is 11.5 Å². The molecule has 7 nitrogen and oxygen atoms in total. The van der Waals surface area contributed by atoms with Crippen LogP contribution in [0.25, 0.3) is 0 Å². The molecule has 8 heteroatoms. The number of hydrogen-bond donors (Lipinski definition) is 1. The van der Waals surface area contributed by atoms with Gasteiger partial charge >= 0.3 is 5.97 Å². The molecule has 0 spiro atoms. The van der Waals surface area contributed by atoms with Crippen molar-refractivity contribution in [3.05, 3.63) is 70.9 Å². The Balaban J connectivity index is 1.96. The van der Waals surface area contributed by atoms with Crippen LogP contribution in [0, 0.1) is 0 Å². The Morgan fingerprint density at radius 3 is 2.23 bits per heavy atom. The van der Waals surface area contributed by atoms with E-state index < -0.39 is 12.0 Å². The minimum absolute atomic E-state index is 0.268. The molecule has 0 radical (unpaired) electrons. The van der Waals surface area contributed by atoms with Gasteiger partial charge in [-0.3, -0.25) is 0 Å². The van der Waals surface area contributed by atoms with Gasteiger partial charge in [-0.1, -0.05) is 12.1 Å². The molecule has 0 bridgehead atoms. The topological polar surface area (TPSA) is 72.4 Å². The van der Waals surface area contributed by atoms with Crippen LogP contribution in [-0.4, -0.2) is 43.1 Å². The molecule has 0 aliphatic carbocycles. The summed E-state index contributed by atoms with van der Waals surface area (Å²) in [5.74, 6) is 1.07. The van der Waals surface area contributed by atoms with E-state index in [-0.39, 0.29) is 6.61 Å². The third kappa shape index (κ3) is 5.03. The highest BCUT2D eigenvalue weighted by Gasteiger charge is 2.34. The molecule has 1 heterocycles. The van der Waals surface area contributed by atoms with E-state index in [1.807, 2.05) is 48.5 Å². The van der Waals surface area contributed by atoms with Gasteiger partial charge in [0.2, 0.25) is 0 Å². The van der Waals surface area contributed by atoms with E-state index in [1.165, 1.54) is 5.01 Å². The monoisotopic (exact) mass is 439 g/mol. The lowest BCUT2D eigenvalue weighted by atomic mass is 9.95. The molecule has 1 aliphatic heterocycles. The SMILES string of the molecule is CCOC(=O)C1=C(C)N(/N=C\c2ccc(OC)cc2)C(=S)N[C@@H]1c1ccc(OC)cc1. The van der Waals surface area contributed by atoms with Crippen LogP contribution in [0.3, 0.4) is 0 Å². The second-order valence-corrected chi connectivity index (χ2v) is 7.09. The standard InChI is InChI=1S/C23H25N3O4S/c1-5-30-22(27)20-15(2)26(24-14-16-6-10-18(28-3)11-7-16)23(31)25-21(20)17-8-12-19(29-4)13-9-17/h6-14,21H,5H2,1-4H3,(H,25,31)/b24-14-/t21-/m1/s1. The van der Waals surface area contributed by atoms with E-state index >= 15 is 0 Å². The zero-order valence-electron chi connectivity index (χ0n) is 17.9. The minimum atomic E-state index is -0.454. The Labute approximate surface area is 187 Å². The van der Waals surface area contributed by atoms with Crippen molar-refractivity contribution in [2.24, 2.45) is 5.10 Å². The molecule has 1 aliphatic rings. The molecule has 0 fully saturated rings. The summed E-state index contributed by atoms with van der Waals surface area (Å²) >= 11 is 5.56. The third-order valence-corrected chi connectivity index (χ3v) is 5.13. The van der Waals surface area contributed by atoms with Crippen molar-refractivity contribution in [1.29, 1.82) is 0 Å². The van der Waals surface area contributed by atoms with Gasteiger partial charge in [0.15, 0.2) is 5.11 Å². The Morgan fingerprint density at radius 1 is 1.10 bits per heavy atom. The van der Waals surface area contributed by atoms with Gasteiger partial charge in [-0.05, 0) is 73.6 Å². The molecular weight excluding hydrogens is 414 g/mol. The number of nitrogens with one attached hydrogen (secondary N) is 1. The van der Waals surface area contributed by atoms with Crippen LogP contribution in [0.15, 0.2) is 64.9 Å². The molecule has 3 rings (SSSR count). The summed E-state index contributed by atoms with van der Waals surface area (Å²) in [6.07, 6.45) is 1.67. The largest absolute Gasteiger partial charge is 0.497 e. The zero-order valence-corrected chi connectivity index (χ0v) is 18.7. The number of esters is 1. The van der Waals surface area contributed by atoms with Crippen molar-refractivity contribution >= 4 is 29.5 Å². The van der Waals surface area contributed by atoms with Gasteiger partial charge in [-0.15, -0.1) is 0 Å². The number of hydrogen-bond acceptors (Lipinski definition) is 6. The maximum Gasteiger partial charge on any atom is 0.338 e. The van der Waals surface area contributed by atoms with Crippen LogP contribution in [0.1, 0.15) is 31.0 Å². The first-order valence-electron chi connectivity index (χ1n) is 9.79. The quantitative estimate of drug-likeness (QED) is 0.400. The summed E-state index contributed by atoms with van der Waals surface area (Å²) in [5.41, 5.74) is 2.79. The molecule has 1 N–H and O–H groups in total. The predicted octanol–water partition coefficient (Wildman–Crippen LogP) is 3.81. The van der Waals surface area contributed by atoms with E-state index in [4.69, 9.17) is 26.4 Å². The molecule has 0 unspecified atom stereocenters. The summed E-state index contributed by atoms with van der Waals surface area (Å²) in [5, 5.41) is 9.63. The summed E-state index contributed by atoms with van der Waals surface area (Å²) in [6.45, 7) is 3.85. The predicted molar refractivity (Wildman–Crippen MR) is 123 cm³/mol. The fourth-order valence-corrected chi connectivity index (χ4v) is 3.51. The van der Waals surface area contributed by atoms with Crippen LogP contribution in [0.4, 0.5) is 0 Å². The first kappa shape index (κ1) is 22.3. The fraction of sp³-hybridized carbons (Fsp3) is 0.261. The normalized spacial score (nSPS) is 16.3. The highest BCUT2D eigenvalue weighted by Crippen LogP contribution is 2.32. The fourth-order valence-electron chi connectivity index (χ4n) is 3.21. The van der Waals surface area contributed by atoms with Gasteiger partial charge in [0.25, 0.3) is 0 Å². The van der Waals surface area contributed by atoms with Crippen molar-refractivity contribution in [2.45, 2.75) is 19.9 Å². The van der Waals surface area contributed by atoms with Crippen molar-refractivity contribution < 1.29 is 19.0 Å². The van der Waals surface area contributed by atoms with Crippen molar-refractivity contribution in [1.82, 2.24) is 10.3 Å². The Bertz CT molecular complexity index is 1000. The van der Waals surface area contributed by atoms with Crippen molar-refractivity contribution in [3.63, 3.8) is 0 Å². The lowest BCUT2D eigenvalue weighted by molar-refractivity contribution is -0.139. The number of rotatable bonds is 7. The van der Waals surface area contributed by atoms with Gasteiger partial charge in [-0.25, -0.2) is 9.80 Å². The second kappa shape index (κ2) is 10.1. The zero-order chi connectivity index (χ0) is 22.4. The number of methoxy groups -OCH3 is 2. The smallest absolute Gasteiger partial charge is 0.338 e. The first-order valence-corrected chi connectivity index (χ1v) is 10.2. The number of carbonyl (C=O) groups is 1. The number of benzene rings is 2. The molecule has 162 valence electrons. The molecule has 0 saturated carbocycles. The van der Waals surface area contributed by atoms with Crippen LogP contribution in [0.2, 0.25) is 0 Å². The van der Waals surface area contributed by atoms with Crippen LogP contribution in [-0.2, 0) is 9.53 Å². The maximum absolute atomic E-state index is 12.8. The molecule has 1 atom stereocenters. The molecule has 2 aromatic rings. The molecule has 0 aromatic heterocycles. The number of allylic oxidation sites excluding steroid dienone is 1. The van der Waals surface area contributed by atoms with Gasteiger partial charge in [-0.2, -0.15) is 5.10 Å². The average Bonchev–Trinajstić information content (AvgIpc) is 2.79. The van der Waals surface area contributed by atoms with Crippen molar-refractivity contribution in [3.8, 4) is 11.5 Å². The lowest BCUT2D eigenvalue weighted by Gasteiger charge is -2.34. The number of carbonyl (C=O) groups excluding carboxylic acids is 1. The van der Waals surface area contributed by atoms with Crippen LogP contribution >= 0.6 is 12.2 Å². The summed E-state index contributed by atoms with van der Waals surface area (Å²) < 4.78 is 15.7. The van der Waals surface area contributed by atoms with Gasteiger partial charge in [0.1, 0.15) is 11.5 Å². The number of nitrogens with zero attached hydrogens (tertiary/aromatic N) is 2. The Kier molecular flexibility index (Phi) is 7.25. The van der Waals surface area contributed by atoms with Gasteiger partial charge < -0.3 is 19.5 Å². The van der Waals surface area contributed by atoms with Gasteiger partial charge in [0, 0.05) is 0 Å². The number of ether oxygens (including phenoxy) is 3. The van der Waals surface area contributed by atoms with E-state index in [2.05, 4.69) is 10.4 Å². The van der Waals surface area contributed by atoms with E-state index in [0.717, 1.165) is 22.6 Å². The van der Waals surface area contributed by atoms with E-state index in [0.29, 0.717) is 16.4 Å². The maximum atomic E-state index is 12.8. The average molecular weight is 440 g/mol. The summed E-state index contributed by atoms with van der Waals surface area (Å²) in [6, 6.07) is 14.5. The Hall–Kier alpha value is -3.39. The summed E-state index contributed by atoms with van der Waals surface area (Å²) in [4.78, 5) is 12.8. The molecular formula is C23H25N3O4S. The first-order chi connectivity index (χ1) is 15.0. The Morgan fingerprint density at radius 2 is 1.68 bits per heavy atom.